The van der Waals surface area contributed by atoms with E-state index in [0.717, 1.165) is 25.0 Å². The Morgan fingerprint density at radius 2 is 1.86 bits per heavy atom. The fourth-order valence-electron chi connectivity index (χ4n) is 5.28. The van der Waals surface area contributed by atoms with E-state index in [1.54, 1.807) is 18.5 Å². The largest absolute Gasteiger partial charge is 0.416 e. The van der Waals surface area contributed by atoms with Crippen LogP contribution in [0.1, 0.15) is 76.2 Å². The second kappa shape index (κ2) is 11.2. The Hall–Kier alpha value is -4.73. The molecule has 3 aromatic rings. The molecule has 1 aliphatic carbocycles. The third-order valence-corrected chi connectivity index (χ3v) is 7.82. The molecule has 0 saturated heterocycles. The maximum atomic E-state index is 14.1. The van der Waals surface area contributed by atoms with E-state index in [1.165, 1.54) is 47.2 Å². The number of anilines is 1. The van der Waals surface area contributed by atoms with Crippen molar-refractivity contribution < 1.29 is 31.9 Å². The van der Waals surface area contributed by atoms with Crippen LogP contribution in [0.25, 0.3) is 0 Å². The Morgan fingerprint density at radius 1 is 1.19 bits per heavy atom. The van der Waals surface area contributed by atoms with Crippen LogP contribution in [0.4, 0.5) is 23.4 Å². The molecule has 2 heterocycles. The lowest BCUT2D eigenvalue weighted by Gasteiger charge is -2.38. The standard InChI is InChI=1S/C30H28F4N6O3/c1-4-39-27-23(25(37-40(27)21-12-13-21)28(42)38(3)16(2)15-35)22(17-8-10-20(31)11-9-17)24(29(39)43)36-26(41)18-6-5-7-19(14-18)30(32,33)34/h5-11,14,16,21-22,24H,4,12-13H2,1-3H3,(H,36,41)/t16?,22-,24-/m0/s1. The second-order valence-electron chi connectivity index (χ2n) is 10.6. The maximum absolute atomic E-state index is 14.1. The molecule has 1 unspecified atom stereocenters. The zero-order valence-electron chi connectivity index (χ0n) is 23.5. The van der Waals surface area contributed by atoms with Gasteiger partial charge in [0.15, 0.2) is 5.69 Å². The van der Waals surface area contributed by atoms with Crippen molar-refractivity contribution in [1.82, 2.24) is 20.0 Å². The van der Waals surface area contributed by atoms with Crippen molar-refractivity contribution in [2.75, 3.05) is 18.5 Å². The lowest BCUT2D eigenvalue weighted by atomic mass is 9.80. The number of likely N-dealkylation sites (N-methyl/N-ethyl adjacent to an activating group) is 1. The smallest absolute Gasteiger partial charge is 0.339 e. The molecule has 1 N–H and O–H groups in total. The number of carbonyl (C=O) groups excluding carboxylic acids is 3. The maximum Gasteiger partial charge on any atom is 0.416 e. The molecule has 1 fully saturated rings. The van der Waals surface area contributed by atoms with Gasteiger partial charge < -0.3 is 10.2 Å². The number of hydrogen-bond acceptors (Lipinski definition) is 5. The number of nitriles is 1. The first-order valence-corrected chi connectivity index (χ1v) is 13.7. The monoisotopic (exact) mass is 596 g/mol. The van der Waals surface area contributed by atoms with Gasteiger partial charge in [0.1, 0.15) is 23.7 Å². The summed E-state index contributed by atoms with van der Waals surface area (Å²) in [6, 6.07) is 8.73. The first-order chi connectivity index (χ1) is 20.4. The summed E-state index contributed by atoms with van der Waals surface area (Å²) >= 11 is 0. The summed E-state index contributed by atoms with van der Waals surface area (Å²) in [7, 11) is 1.45. The van der Waals surface area contributed by atoms with Crippen molar-refractivity contribution in [3.8, 4) is 6.07 Å². The minimum absolute atomic E-state index is 0.0370. The van der Waals surface area contributed by atoms with Gasteiger partial charge in [0.25, 0.3) is 17.7 Å². The fourth-order valence-corrected chi connectivity index (χ4v) is 5.28. The Balaban J connectivity index is 1.69. The number of carbonyl (C=O) groups is 3. The predicted octanol–water partition coefficient (Wildman–Crippen LogP) is 4.66. The molecule has 13 heteroatoms. The molecular weight excluding hydrogens is 568 g/mol. The number of hydrogen-bond donors (Lipinski definition) is 1. The highest BCUT2D eigenvalue weighted by molar-refractivity contribution is 6.07. The van der Waals surface area contributed by atoms with Crippen LogP contribution in [0, 0.1) is 17.1 Å². The Morgan fingerprint density at radius 3 is 2.44 bits per heavy atom. The van der Waals surface area contributed by atoms with Gasteiger partial charge in [-0.1, -0.05) is 18.2 Å². The van der Waals surface area contributed by atoms with Crippen LogP contribution in [-0.4, -0.2) is 58.1 Å². The van der Waals surface area contributed by atoms with Gasteiger partial charge in [-0.15, -0.1) is 0 Å². The highest BCUT2D eigenvalue weighted by Crippen LogP contribution is 2.47. The number of halogens is 4. The first kappa shape index (κ1) is 29.8. The first-order valence-electron chi connectivity index (χ1n) is 13.7. The average Bonchev–Trinajstić information content (AvgIpc) is 3.77. The molecule has 9 nitrogen and oxygen atoms in total. The third kappa shape index (κ3) is 5.45. The molecule has 1 aromatic heterocycles. The highest BCUT2D eigenvalue weighted by Gasteiger charge is 2.49. The second-order valence-corrected chi connectivity index (χ2v) is 10.6. The van der Waals surface area contributed by atoms with Gasteiger partial charge in [-0.2, -0.15) is 23.5 Å². The van der Waals surface area contributed by atoms with E-state index in [9.17, 15) is 37.2 Å². The fraction of sp³-hybridized carbons (Fsp3) is 0.367. The van der Waals surface area contributed by atoms with Crippen molar-refractivity contribution in [2.24, 2.45) is 0 Å². The molecule has 1 saturated carbocycles. The van der Waals surface area contributed by atoms with Crippen LogP contribution in [0.15, 0.2) is 48.5 Å². The van der Waals surface area contributed by atoms with Crippen LogP contribution in [0.3, 0.4) is 0 Å². The van der Waals surface area contributed by atoms with Gasteiger partial charge in [0, 0.05) is 30.6 Å². The van der Waals surface area contributed by atoms with E-state index in [1.807, 2.05) is 6.07 Å². The molecule has 2 aliphatic rings. The number of rotatable bonds is 7. The molecule has 224 valence electrons. The third-order valence-electron chi connectivity index (χ3n) is 7.82. The summed E-state index contributed by atoms with van der Waals surface area (Å²) < 4.78 is 55.8. The van der Waals surface area contributed by atoms with Crippen LogP contribution < -0.4 is 10.2 Å². The van der Waals surface area contributed by atoms with Crippen molar-refractivity contribution in [3.63, 3.8) is 0 Å². The zero-order valence-corrected chi connectivity index (χ0v) is 23.5. The van der Waals surface area contributed by atoms with Gasteiger partial charge >= 0.3 is 6.18 Å². The Bertz CT molecular complexity index is 1620. The van der Waals surface area contributed by atoms with Gasteiger partial charge in [0.2, 0.25) is 0 Å². The normalized spacial score (nSPS) is 18.9. The van der Waals surface area contributed by atoms with Gasteiger partial charge in [-0.3, -0.25) is 19.3 Å². The molecule has 1 aliphatic heterocycles. The van der Waals surface area contributed by atoms with Crippen LogP contribution in [-0.2, 0) is 11.0 Å². The van der Waals surface area contributed by atoms with Gasteiger partial charge in [0.05, 0.1) is 17.7 Å². The SMILES string of the molecule is CCN1C(=O)[C@@H](NC(=O)c2cccc(C(F)(F)F)c2)[C@@H](c2ccc(F)cc2)c2c(C(=O)N(C)C(C)C#N)nn(C3CC3)c21. The molecule has 5 rings (SSSR count). The summed E-state index contributed by atoms with van der Waals surface area (Å²) in [5, 5.41) is 16.7. The number of fused-ring (bicyclic) bond motifs is 1. The van der Waals surface area contributed by atoms with E-state index in [2.05, 4.69) is 10.4 Å². The number of nitrogens with one attached hydrogen (secondary N) is 1. The van der Waals surface area contributed by atoms with Crippen molar-refractivity contribution in [2.45, 2.75) is 56.9 Å². The number of benzene rings is 2. The molecule has 0 radical (unpaired) electrons. The topological polar surface area (TPSA) is 111 Å². The van der Waals surface area contributed by atoms with E-state index in [-0.39, 0.29) is 23.8 Å². The summed E-state index contributed by atoms with van der Waals surface area (Å²) in [5.41, 5.74) is -0.708. The van der Waals surface area contributed by atoms with Gasteiger partial charge in [-0.05, 0) is 62.6 Å². The van der Waals surface area contributed by atoms with Gasteiger partial charge in [-0.25, -0.2) is 9.07 Å². The lowest BCUT2D eigenvalue weighted by molar-refractivity contribution is -0.137. The summed E-state index contributed by atoms with van der Waals surface area (Å²) in [5.74, 6) is -3.35. The Kier molecular flexibility index (Phi) is 7.72. The highest BCUT2D eigenvalue weighted by atomic mass is 19.4. The van der Waals surface area contributed by atoms with Crippen LogP contribution >= 0.6 is 0 Å². The number of amides is 3. The van der Waals surface area contributed by atoms with Crippen LogP contribution in [0.5, 0.6) is 0 Å². The van der Waals surface area contributed by atoms with Crippen molar-refractivity contribution in [1.29, 1.82) is 5.26 Å². The predicted molar refractivity (Wildman–Crippen MR) is 147 cm³/mol. The van der Waals surface area contributed by atoms with E-state index < -0.39 is 53.3 Å². The quantitative estimate of drug-likeness (QED) is 0.399. The summed E-state index contributed by atoms with van der Waals surface area (Å²) in [4.78, 5) is 43.9. The summed E-state index contributed by atoms with van der Waals surface area (Å²) in [6.07, 6.45) is -3.18. The van der Waals surface area contributed by atoms with Crippen molar-refractivity contribution in [3.05, 3.63) is 82.3 Å². The Labute approximate surface area is 244 Å². The molecule has 43 heavy (non-hydrogen) atoms. The lowest BCUT2D eigenvalue weighted by Crippen LogP contribution is -2.55. The molecular formula is C30H28F4N6O3. The molecule has 3 atom stereocenters. The van der Waals surface area contributed by atoms with Crippen LogP contribution in [0.2, 0.25) is 0 Å². The minimum atomic E-state index is -4.69. The minimum Gasteiger partial charge on any atom is -0.339 e. The number of aromatic nitrogens is 2. The average molecular weight is 597 g/mol. The zero-order chi connectivity index (χ0) is 31.2. The number of nitrogens with zero attached hydrogens (tertiary/aromatic N) is 5. The van der Waals surface area contributed by atoms with E-state index >= 15 is 0 Å². The van der Waals surface area contributed by atoms with E-state index in [0.29, 0.717) is 23.0 Å². The molecule has 2 aromatic carbocycles. The molecule has 3 amide bonds. The number of alkyl halides is 3. The van der Waals surface area contributed by atoms with E-state index in [4.69, 9.17) is 0 Å². The molecule has 0 bridgehead atoms. The summed E-state index contributed by atoms with van der Waals surface area (Å²) in [6.45, 7) is 3.38. The molecule has 0 spiro atoms. The van der Waals surface area contributed by atoms with Crippen molar-refractivity contribution >= 4 is 23.5 Å².